The number of carbonyl (C=O) groups is 2. The number of amides is 1. The minimum absolute atomic E-state index is 0.0422. The van der Waals surface area contributed by atoms with Crippen LogP contribution in [0.2, 0.25) is 10.0 Å². The topological polar surface area (TPSA) is 49.4 Å². The van der Waals surface area contributed by atoms with Gasteiger partial charge < -0.3 is 5.32 Å². The minimum Gasteiger partial charge on any atom is -0.355 e. The van der Waals surface area contributed by atoms with Crippen LogP contribution in [0.1, 0.15) is 16.8 Å². The molecule has 1 aliphatic rings. The van der Waals surface area contributed by atoms with Crippen molar-refractivity contribution >= 4 is 34.9 Å². The molecule has 0 spiro atoms. The molecule has 0 unspecified atom stereocenters. The Hall–Kier alpha value is -1.10. The molecule has 1 N–H and O–H groups in total. The summed E-state index contributed by atoms with van der Waals surface area (Å²) in [6.07, 6.45) is 0.848. The monoisotopic (exact) mass is 300 g/mol. The molecule has 0 saturated carbocycles. The number of hydrogen-bond donors (Lipinski definition) is 1. The third-order valence-corrected chi connectivity index (χ3v) is 3.69. The second kappa shape index (κ2) is 6.37. The summed E-state index contributed by atoms with van der Waals surface area (Å²) in [6, 6.07) is 4.81. The normalized spacial score (nSPS) is 16.8. The van der Waals surface area contributed by atoms with Crippen LogP contribution < -0.4 is 5.32 Å². The first-order chi connectivity index (χ1) is 9.06. The number of ketones is 1. The minimum atomic E-state index is -0.0618. The van der Waals surface area contributed by atoms with Crippen molar-refractivity contribution in [2.75, 3.05) is 26.2 Å². The highest BCUT2D eigenvalue weighted by molar-refractivity contribution is 6.42. The molecule has 1 saturated heterocycles. The average Bonchev–Trinajstić information content (AvgIpc) is 2.57. The maximum atomic E-state index is 12.1. The fourth-order valence-corrected chi connectivity index (χ4v) is 2.27. The SMILES string of the molecule is O=C1CN(CC(=O)c2ccc(Cl)c(Cl)c2)CCCN1. The van der Waals surface area contributed by atoms with Crippen LogP contribution in [0, 0.1) is 0 Å². The standard InChI is InChI=1S/C13H14Cl2N2O2/c14-10-3-2-9(6-11(10)15)12(18)7-17-5-1-4-16-13(19)8-17/h2-3,6H,1,4-5,7-8H2,(H,16,19). The molecule has 102 valence electrons. The Labute approximate surface area is 121 Å². The van der Waals surface area contributed by atoms with E-state index < -0.39 is 0 Å². The van der Waals surface area contributed by atoms with Gasteiger partial charge in [0.25, 0.3) is 0 Å². The summed E-state index contributed by atoms with van der Waals surface area (Å²) in [5, 5.41) is 3.56. The molecule has 1 aromatic carbocycles. The number of carbonyl (C=O) groups excluding carboxylic acids is 2. The summed E-state index contributed by atoms with van der Waals surface area (Å²) in [5.41, 5.74) is 0.513. The molecule has 0 radical (unpaired) electrons. The van der Waals surface area contributed by atoms with Crippen LogP contribution in [0.4, 0.5) is 0 Å². The van der Waals surface area contributed by atoms with E-state index in [4.69, 9.17) is 23.2 Å². The Bertz CT molecular complexity index is 505. The summed E-state index contributed by atoms with van der Waals surface area (Å²) in [6.45, 7) is 1.86. The first-order valence-corrected chi connectivity index (χ1v) is 6.79. The van der Waals surface area contributed by atoms with Crippen molar-refractivity contribution in [1.29, 1.82) is 0 Å². The summed E-state index contributed by atoms with van der Waals surface area (Å²) in [4.78, 5) is 25.4. The quantitative estimate of drug-likeness (QED) is 0.869. The number of nitrogens with one attached hydrogen (secondary N) is 1. The molecular weight excluding hydrogens is 287 g/mol. The van der Waals surface area contributed by atoms with Crippen LogP contribution in [0.5, 0.6) is 0 Å². The molecule has 0 aliphatic carbocycles. The first-order valence-electron chi connectivity index (χ1n) is 6.03. The molecule has 1 aromatic rings. The van der Waals surface area contributed by atoms with Crippen molar-refractivity contribution in [1.82, 2.24) is 10.2 Å². The van der Waals surface area contributed by atoms with Crippen LogP contribution in [0.25, 0.3) is 0 Å². The lowest BCUT2D eigenvalue weighted by atomic mass is 10.1. The summed E-state index contributed by atoms with van der Waals surface area (Å²) >= 11 is 11.7. The lowest BCUT2D eigenvalue weighted by Crippen LogP contribution is -2.36. The molecule has 19 heavy (non-hydrogen) atoms. The van der Waals surface area contributed by atoms with E-state index in [0.29, 0.717) is 22.2 Å². The Morgan fingerprint density at radius 2 is 2.11 bits per heavy atom. The predicted octanol–water partition coefficient (Wildman–Crippen LogP) is 2.00. The van der Waals surface area contributed by atoms with Gasteiger partial charge in [-0.1, -0.05) is 23.2 Å². The maximum absolute atomic E-state index is 12.1. The summed E-state index contributed by atoms with van der Waals surface area (Å²) < 4.78 is 0. The molecule has 2 rings (SSSR count). The van der Waals surface area contributed by atoms with Crippen LogP contribution in [-0.4, -0.2) is 42.8 Å². The van der Waals surface area contributed by atoms with Crippen molar-refractivity contribution in [3.8, 4) is 0 Å². The van der Waals surface area contributed by atoms with Crippen LogP contribution >= 0.6 is 23.2 Å². The van der Waals surface area contributed by atoms with E-state index in [0.717, 1.165) is 13.0 Å². The van der Waals surface area contributed by atoms with E-state index in [1.165, 1.54) is 0 Å². The van der Waals surface area contributed by atoms with E-state index >= 15 is 0 Å². The van der Waals surface area contributed by atoms with Gasteiger partial charge in [0.1, 0.15) is 0 Å². The van der Waals surface area contributed by atoms with E-state index in [9.17, 15) is 9.59 Å². The zero-order valence-electron chi connectivity index (χ0n) is 10.3. The molecule has 0 bridgehead atoms. The summed E-state index contributed by atoms with van der Waals surface area (Å²) in [5.74, 6) is -0.104. The molecule has 1 fully saturated rings. The van der Waals surface area contributed by atoms with Gasteiger partial charge in [-0.3, -0.25) is 14.5 Å². The number of Topliss-reactive ketones (excluding diaryl/α,β-unsaturated/α-hetero) is 1. The van der Waals surface area contributed by atoms with Crippen molar-refractivity contribution in [2.45, 2.75) is 6.42 Å². The Morgan fingerprint density at radius 3 is 2.84 bits per heavy atom. The molecule has 0 atom stereocenters. The fourth-order valence-electron chi connectivity index (χ4n) is 1.97. The van der Waals surface area contributed by atoms with Gasteiger partial charge >= 0.3 is 0 Å². The van der Waals surface area contributed by atoms with Gasteiger partial charge in [-0.15, -0.1) is 0 Å². The van der Waals surface area contributed by atoms with Crippen LogP contribution in [0.15, 0.2) is 18.2 Å². The third-order valence-electron chi connectivity index (χ3n) is 2.95. The van der Waals surface area contributed by atoms with Crippen molar-refractivity contribution in [3.63, 3.8) is 0 Å². The predicted molar refractivity (Wildman–Crippen MR) is 74.9 cm³/mol. The van der Waals surface area contributed by atoms with E-state index in [1.807, 2.05) is 4.90 Å². The van der Waals surface area contributed by atoms with Crippen molar-refractivity contribution in [2.24, 2.45) is 0 Å². The lowest BCUT2D eigenvalue weighted by molar-refractivity contribution is -0.121. The molecule has 1 amide bonds. The second-order valence-electron chi connectivity index (χ2n) is 4.47. The molecule has 1 aliphatic heterocycles. The number of halogens is 2. The highest BCUT2D eigenvalue weighted by Gasteiger charge is 2.18. The van der Waals surface area contributed by atoms with Crippen LogP contribution in [-0.2, 0) is 4.79 Å². The van der Waals surface area contributed by atoms with E-state index in [2.05, 4.69) is 5.32 Å². The fraction of sp³-hybridized carbons (Fsp3) is 0.385. The molecule has 1 heterocycles. The largest absolute Gasteiger partial charge is 0.355 e. The van der Waals surface area contributed by atoms with Crippen molar-refractivity contribution in [3.05, 3.63) is 33.8 Å². The number of hydrogen-bond acceptors (Lipinski definition) is 3. The second-order valence-corrected chi connectivity index (χ2v) is 5.28. The Morgan fingerprint density at radius 1 is 1.32 bits per heavy atom. The van der Waals surface area contributed by atoms with Gasteiger partial charge in [0, 0.05) is 18.7 Å². The average molecular weight is 301 g/mol. The van der Waals surface area contributed by atoms with E-state index in [1.54, 1.807) is 18.2 Å². The zero-order chi connectivity index (χ0) is 13.8. The van der Waals surface area contributed by atoms with Crippen molar-refractivity contribution < 1.29 is 9.59 Å². The molecule has 6 heteroatoms. The van der Waals surface area contributed by atoms with Crippen LogP contribution in [0.3, 0.4) is 0 Å². The third kappa shape index (κ3) is 3.93. The molecular formula is C13H14Cl2N2O2. The summed E-state index contributed by atoms with van der Waals surface area (Å²) in [7, 11) is 0. The van der Waals surface area contributed by atoms with Gasteiger partial charge in [-0.05, 0) is 24.6 Å². The molecule has 0 aromatic heterocycles. The van der Waals surface area contributed by atoms with Gasteiger partial charge in [-0.2, -0.15) is 0 Å². The number of benzene rings is 1. The smallest absolute Gasteiger partial charge is 0.234 e. The Balaban J connectivity index is 2.03. The van der Waals surface area contributed by atoms with Gasteiger partial charge in [0.05, 0.1) is 23.1 Å². The maximum Gasteiger partial charge on any atom is 0.234 e. The number of rotatable bonds is 3. The highest BCUT2D eigenvalue weighted by Crippen LogP contribution is 2.22. The van der Waals surface area contributed by atoms with Gasteiger partial charge in [0.15, 0.2) is 5.78 Å². The van der Waals surface area contributed by atoms with Gasteiger partial charge in [-0.25, -0.2) is 0 Å². The number of nitrogens with zero attached hydrogens (tertiary/aromatic N) is 1. The lowest BCUT2D eigenvalue weighted by Gasteiger charge is -2.17. The highest BCUT2D eigenvalue weighted by atomic mass is 35.5. The van der Waals surface area contributed by atoms with E-state index in [-0.39, 0.29) is 24.8 Å². The molecule has 4 nitrogen and oxygen atoms in total. The zero-order valence-corrected chi connectivity index (χ0v) is 11.8. The Kier molecular flexibility index (Phi) is 4.80. The van der Waals surface area contributed by atoms with Gasteiger partial charge in [0.2, 0.25) is 5.91 Å². The first kappa shape index (κ1) is 14.3.